The van der Waals surface area contributed by atoms with Gasteiger partial charge in [0.1, 0.15) is 5.82 Å². The summed E-state index contributed by atoms with van der Waals surface area (Å²) in [5.41, 5.74) is 1.96. The Labute approximate surface area is 120 Å². The SMILES string of the molecule is O=C(Cc1ccccc1Cl)c1c[nH]c2cc(F)ccc12. The fourth-order valence-corrected chi connectivity index (χ4v) is 2.44. The number of hydrogen-bond acceptors (Lipinski definition) is 1. The third-order valence-electron chi connectivity index (χ3n) is 3.25. The summed E-state index contributed by atoms with van der Waals surface area (Å²) in [5, 5.41) is 1.30. The minimum Gasteiger partial charge on any atom is -0.360 e. The van der Waals surface area contributed by atoms with Gasteiger partial charge in [0.05, 0.1) is 0 Å². The fourth-order valence-electron chi connectivity index (χ4n) is 2.24. The van der Waals surface area contributed by atoms with E-state index >= 15 is 0 Å². The van der Waals surface area contributed by atoms with E-state index in [-0.39, 0.29) is 18.0 Å². The van der Waals surface area contributed by atoms with E-state index in [2.05, 4.69) is 4.98 Å². The smallest absolute Gasteiger partial charge is 0.169 e. The third-order valence-corrected chi connectivity index (χ3v) is 3.62. The van der Waals surface area contributed by atoms with Crippen LogP contribution in [-0.2, 0) is 6.42 Å². The summed E-state index contributed by atoms with van der Waals surface area (Å²) in [6.07, 6.45) is 1.84. The molecule has 0 saturated heterocycles. The van der Waals surface area contributed by atoms with Crippen LogP contribution < -0.4 is 0 Å². The van der Waals surface area contributed by atoms with Crippen molar-refractivity contribution in [2.45, 2.75) is 6.42 Å². The van der Waals surface area contributed by atoms with Crippen molar-refractivity contribution in [1.29, 1.82) is 0 Å². The van der Waals surface area contributed by atoms with Crippen LogP contribution in [0.4, 0.5) is 4.39 Å². The molecule has 100 valence electrons. The minimum absolute atomic E-state index is 0.0454. The number of nitrogens with one attached hydrogen (secondary N) is 1. The lowest BCUT2D eigenvalue weighted by Gasteiger charge is -2.02. The lowest BCUT2D eigenvalue weighted by atomic mass is 10.0. The van der Waals surface area contributed by atoms with Crippen LogP contribution >= 0.6 is 11.6 Å². The van der Waals surface area contributed by atoms with Gasteiger partial charge < -0.3 is 4.98 Å². The molecule has 0 saturated carbocycles. The molecular weight excluding hydrogens is 277 g/mol. The molecule has 3 aromatic rings. The molecule has 1 aromatic heterocycles. The van der Waals surface area contributed by atoms with Crippen molar-refractivity contribution in [2.24, 2.45) is 0 Å². The van der Waals surface area contributed by atoms with Crippen molar-refractivity contribution in [2.75, 3.05) is 0 Å². The number of benzene rings is 2. The molecule has 0 aliphatic rings. The Bertz CT molecular complexity index is 794. The highest BCUT2D eigenvalue weighted by molar-refractivity contribution is 6.31. The summed E-state index contributed by atoms with van der Waals surface area (Å²) < 4.78 is 13.1. The van der Waals surface area contributed by atoms with Gasteiger partial charge in [-0.15, -0.1) is 0 Å². The van der Waals surface area contributed by atoms with Gasteiger partial charge in [0.25, 0.3) is 0 Å². The van der Waals surface area contributed by atoms with E-state index in [0.717, 1.165) is 10.9 Å². The normalized spacial score (nSPS) is 10.9. The van der Waals surface area contributed by atoms with E-state index < -0.39 is 0 Å². The molecule has 20 heavy (non-hydrogen) atoms. The second-order valence-corrected chi connectivity index (χ2v) is 4.99. The van der Waals surface area contributed by atoms with Crippen molar-refractivity contribution >= 4 is 28.3 Å². The maximum Gasteiger partial charge on any atom is 0.169 e. The summed E-state index contributed by atoms with van der Waals surface area (Å²) in [7, 11) is 0. The number of aromatic amines is 1. The van der Waals surface area contributed by atoms with Crippen LogP contribution in [0.5, 0.6) is 0 Å². The molecule has 0 spiro atoms. The summed E-state index contributed by atoms with van der Waals surface area (Å²) in [4.78, 5) is 15.3. The minimum atomic E-state index is -0.329. The predicted octanol–water partition coefficient (Wildman–Crippen LogP) is 4.39. The van der Waals surface area contributed by atoms with Crippen molar-refractivity contribution < 1.29 is 9.18 Å². The number of halogens is 2. The van der Waals surface area contributed by atoms with Crippen molar-refractivity contribution in [3.05, 3.63) is 70.6 Å². The molecular formula is C16H11ClFNO. The summed E-state index contributed by atoms with van der Waals surface area (Å²) in [5.74, 6) is -0.375. The third kappa shape index (κ3) is 2.32. The molecule has 1 N–H and O–H groups in total. The number of rotatable bonds is 3. The Morgan fingerprint density at radius 3 is 2.80 bits per heavy atom. The molecule has 0 radical (unpaired) electrons. The van der Waals surface area contributed by atoms with Crippen LogP contribution in [0.3, 0.4) is 0 Å². The van der Waals surface area contributed by atoms with Crippen LogP contribution in [0.1, 0.15) is 15.9 Å². The molecule has 4 heteroatoms. The van der Waals surface area contributed by atoms with Crippen LogP contribution in [-0.4, -0.2) is 10.8 Å². The van der Waals surface area contributed by atoms with Gasteiger partial charge in [-0.05, 0) is 29.8 Å². The molecule has 0 atom stereocenters. The zero-order valence-corrected chi connectivity index (χ0v) is 11.2. The zero-order valence-electron chi connectivity index (χ0n) is 10.5. The van der Waals surface area contributed by atoms with E-state index in [1.165, 1.54) is 12.1 Å². The van der Waals surface area contributed by atoms with Gasteiger partial charge in [-0.1, -0.05) is 29.8 Å². The van der Waals surface area contributed by atoms with E-state index in [9.17, 15) is 9.18 Å². The largest absolute Gasteiger partial charge is 0.360 e. The first kappa shape index (κ1) is 12.9. The summed E-state index contributed by atoms with van der Waals surface area (Å²) >= 11 is 6.06. The Morgan fingerprint density at radius 1 is 1.20 bits per heavy atom. The lowest BCUT2D eigenvalue weighted by molar-refractivity contribution is 0.0994. The topological polar surface area (TPSA) is 32.9 Å². The average Bonchev–Trinajstić information content (AvgIpc) is 2.84. The summed E-state index contributed by atoms with van der Waals surface area (Å²) in [6, 6.07) is 11.6. The zero-order chi connectivity index (χ0) is 14.1. The molecule has 0 aliphatic carbocycles. The van der Waals surface area contributed by atoms with E-state index in [1.54, 1.807) is 18.3 Å². The Kier molecular flexibility index (Phi) is 3.28. The maximum atomic E-state index is 13.1. The monoisotopic (exact) mass is 287 g/mol. The standard InChI is InChI=1S/C16H11ClFNO/c17-14-4-2-1-3-10(14)7-16(20)13-9-19-15-8-11(18)5-6-12(13)15/h1-6,8-9,19H,7H2. The number of fused-ring (bicyclic) bond motifs is 1. The van der Waals surface area contributed by atoms with Gasteiger partial charge in [-0.3, -0.25) is 4.79 Å². The Hall–Kier alpha value is -2.13. The highest BCUT2D eigenvalue weighted by Crippen LogP contribution is 2.22. The maximum absolute atomic E-state index is 13.1. The predicted molar refractivity (Wildman–Crippen MR) is 77.7 cm³/mol. The first-order chi connectivity index (χ1) is 9.65. The van der Waals surface area contributed by atoms with Gasteiger partial charge in [-0.25, -0.2) is 4.39 Å². The van der Waals surface area contributed by atoms with Crippen molar-refractivity contribution in [1.82, 2.24) is 4.98 Å². The summed E-state index contributed by atoms with van der Waals surface area (Å²) in [6.45, 7) is 0. The number of carbonyl (C=O) groups excluding carboxylic acids is 1. The van der Waals surface area contributed by atoms with Gasteiger partial charge in [0, 0.05) is 34.1 Å². The van der Waals surface area contributed by atoms with Gasteiger partial charge in [-0.2, -0.15) is 0 Å². The van der Waals surface area contributed by atoms with E-state index in [4.69, 9.17) is 11.6 Å². The molecule has 0 bridgehead atoms. The van der Waals surface area contributed by atoms with Crippen LogP contribution in [0, 0.1) is 5.82 Å². The second-order valence-electron chi connectivity index (χ2n) is 4.58. The highest BCUT2D eigenvalue weighted by atomic mass is 35.5. The Balaban J connectivity index is 1.95. The molecule has 0 amide bonds. The molecule has 2 nitrogen and oxygen atoms in total. The number of ketones is 1. The first-order valence-corrected chi connectivity index (χ1v) is 6.56. The molecule has 3 rings (SSSR count). The fraction of sp³-hybridized carbons (Fsp3) is 0.0625. The number of carbonyl (C=O) groups is 1. The quantitative estimate of drug-likeness (QED) is 0.712. The molecule has 2 aromatic carbocycles. The van der Waals surface area contributed by atoms with Crippen LogP contribution in [0.2, 0.25) is 5.02 Å². The number of aromatic nitrogens is 1. The Morgan fingerprint density at radius 2 is 2.00 bits per heavy atom. The first-order valence-electron chi connectivity index (χ1n) is 6.18. The lowest BCUT2D eigenvalue weighted by Crippen LogP contribution is -2.03. The van der Waals surface area contributed by atoms with Gasteiger partial charge in [0.2, 0.25) is 0 Å². The number of hydrogen-bond donors (Lipinski definition) is 1. The van der Waals surface area contributed by atoms with Crippen molar-refractivity contribution in [3.63, 3.8) is 0 Å². The van der Waals surface area contributed by atoms with Gasteiger partial charge >= 0.3 is 0 Å². The molecule has 0 fully saturated rings. The molecule has 1 heterocycles. The molecule has 0 aliphatic heterocycles. The molecule has 0 unspecified atom stereocenters. The van der Waals surface area contributed by atoms with Crippen LogP contribution in [0.25, 0.3) is 10.9 Å². The van der Waals surface area contributed by atoms with Crippen LogP contribution in [0.15, 0.2) is 48.7 Å². The van der Waals surface area contributed by atoms with Gasteiger partial charge in [0.15, 0.2) is 5.78 Å². The number of H-pyrrole nitrogens is 1. The second kappa shape index (κ2) is 5.10. The average molecular weight is 288 g/mol. The van der Waals surface area contributed by atoms with E-state index in [0.29, 0.717) is 16.1 Å². The van der Waals surface area contributed by atoms with Crippen molar-refractivity contribution in [3.8, 4) is 0 Å². The van der Waals surface area contributed by atoms with E-state index in [1.807, 2.05) is 18.2 Å². The highest BCUT2D eigenvalue weighted by Gasteiger charge is 2.14. The number of Topliss-reactive ketones (excluding diaryl/α,β-unsaturated/α-hetero) is 1.